The molecule has 0 aromatic heterocycles. The van der Waals surface area contributed by atoms with E-state index in [0.29, 0.717) is 5.16 Å². The quantitative estimate of drug-likeness (QED) is 0.488. The van der Waals surface area contributed by atoms with Gasteiger partial charge < -0.3 is 0 Å². The molecular formula is C6H15P. The van der Waals surface area contributed by atoms with Crippen LogP contribution in [-0.4, -0.2) is 5.16 Å². The molecule has 0 amide bonds. The van der Waals surface area contributed by atoms with E-state index in [-0.39, 0.29) is 0 Å². The molecule has 0 spiro atoms. The average molecular weight is 118 g/mol. The van der Waals surface area contributed by atoms with Crippen molar-refractivity contribution in [3.63, 3.8) is 0 Å². The Hall–Kier alpha value is 0.430. The van der Waals surface area contributed by atoms with Gasteiger partial charge in [0.25, 0.3) is 0 Å². The highest BCUT2D eigenvalue weighted by Gasteiger charge is 2.06. The second-order valence-electron chi connectivity index (χ2n) is 2.74. The molecular weight excluding hydrogens is 103 g/mol. The molecule has 1 unspecified atom stereocenters. The van der Waals surface area contributed by atoms with E-state index in [1.165, 1.54) is 12.8 Å². The predicted octanol–water partition coefficient (Wildman–Crippen LogP) is 2.44. The molecule has 0 bridgehead atoms. The molecule has 1 heteroatoms. The average Bonchev–Trinajstić information content (AvgIpc) is 1.30. The van der Waals surface area contributed by atoms with Crippen LogP contribution in [0.5, 0.6) is 0 Å². The van der Waals surface area contributed by atoms with Crippen LogP contribution in [0.3, 0.4) is 0 Å². The summed E-state index contributed by atoms with van der Waals surface area (Å²) >= 11 is 0. The summed E-state index contributed by atoms with van der Waals surface area (Å²) in [5.41, 5.74) is 0. The largest absolute Gasteiger partial charge is 0.132 e. The van der Waals surface area contributed by atoms with Crippen molar-refractivity contribution in [1.29, 1.82) is 0 Å². The molecule has 0 aromatic rings. The summed E-state index contributed by atoms with van der Waals surface area (Å²) in [6.45, 7) is 6.69. The maximum Gasteiger partial charge on any atom is -0.0207 e. The molecule has 0 saturated carbocycles. The molecule has 1 atom stereocenters. The zero-order valence-corrected chi connectivity index (χ0v) is 6.65. The monoisotopic (exact) mass is 118 g/mol. The Labute approximate surface area is 48.9 Å². The van der Waals surface area contributed by atoms with E-state index in [2.05, 4.69) is 30.0 Å². The van der Waals surface area contributed by atoms with Crippen LogP contribution in [-0.2, 0) is 0 Å². The van der Waals surface area contributed by atoms with Gasteiger partial charge in [0.2, 0.25) is 0 Å². The molecule has 0 aliphatic carbocycles. The summed E-state index contributed by atoms with van der Waals surface area (Å²) < 4.78 is 0. The Kier molecular flexibility index (Phi) is 2.83. The predicted molar refractivity (Wildman–Crippen MR) is 38.7 cm³/mol. The van der Waals surface area contributed by atoms with Gasteiger partial charge in [0, 0.05) is 0 Å². The lowest BCUT2D eigenvalue weighted by atomic mass is 10.1. The number of hydrogen-bond acceptors (Lipinski definition) is 0. The molecule has 0 N–H and O–H groups in total. The molecule has 0 saturated heterocycles. The zero-order chi connectivity index (χ0) is 5.91. The lowest BCUT2D eigenvalue weighted by Gasteiger charge is -2.15. The van der Waals surface area contributed by atoms with Crippen molar-refractivity contribution < 1.29 is 0 Å². The summed E-state index contributed by atoms with van der Waals surface area (Å²) in [4.78, 5) is 0. The van der Waals surface area contributed by atoms with E-state index >= 15 is 0 Å². The van der Waals surface area contributed by atoms with Crippen LogP contribution in [0.2, 0.25) is 0 Å². The topological polar surface area (TPSA) is 0 Å². The fraction of sp³-hybridized carbons (Fsp3) is 1.00. The summed E-state index contributed by atoms with van der Waals surface area (Å²) in [6.07, 6.45) is 2.59. The van der Waals surface area contributed by atoms with Gasteiger partial charge in [0.15, 0.2) is 0 Å². The summed E-state index contributed by atoms with van der Waals surface area (Å²) in [5.74, 6) is 0. The van der Waals surface area contributed by atoms with Gasteiger partial charge in [-0.25, -0.2) is 0 Å². The van der Waals surface area contributed by atoms with E-state index < -0.39 is 0 Å². The molecule has 0 rings (SSSR count). The SMILES string of the molecule is CCCC(C)(C)P. The van der Waals surface area contributed by atoms with E-state index in [1.807, 2.05) is 0 Å². The van der Waals surface area contributed by atoms with Gasteiger partial charge in [0.05, 0.1) is 0 Å². The highest BCUT2D eigenvalue weighted by molar-refractivity contribution is 7.18. The fourth-order valence-corrected chi connectivity index (χ4v) is 0.933. The Morgan fingerprint density at radius 1 is 1.43 bits per heavy atom. The normalized spacial score (nSPS) is 12.0. The second-order valence-corrected chi connectivity index (χ2v) is 4.30. The van der Waals surface area contributed by atoms with Gasteiger partial charge in [-0.3, -0.25) is 0 Å². The third kappa shape index (κ3) is 6.43. The maximum atomic E-state index is 2.84. The minimum Gasteiger partial charge on any atom is -0.132 e. The molecule has 0 nitrogen and oxygen atoms in total. The van der Waals surface area contributed by atoms with E-state index in [4.69, 9.17) is 0 Å². The van der Waals surface area contributed by atoms with E-state index in [9.17, 15) is 0 Å². The van der Waals surface area contributed by atoms with Crippen LogP contribution in [0.25, 0.3) is 0 Å². The molecule has 0 heterocycles. The van der Waals surface area contributed by atoms with Gasteiger partial charge in [0.1, 0.15) is 0 Å². The molecule has 0 radical (unpaired) electrons. The fourth-order valence-electron chi connectivity index (χ4n) is 0.644. The Bertz CT molecular complexity index is 42.6. The van der Waals surface area contributed by atoms with Crippen LogP contribution in [0.15, 0.2) is 0 Å². The van der Waals surface area contributed by atoms with Crippen LogP contribution >= 0.6 is 9.24 Å². The Morgan fingerprint density at radius 2 is 1.86 bits per heavy atom. The van der Waals surface area contributed by atoms with Crippen molar-refractivity contribution in [2.75, 3.05) is 0 Å². The van der Waals surface area contributed by atoms with Gasteiger partial charge in [-0.15, -0.1) is 9.24 Å². The minimum atomic E-state index is 0.467. The van der Waals surface area contributed by atoms with E-state index in [1.54, 1.807) is 0 Å². The van der Waals surface area contributed by atoms with Gasteiger partial charge in [-0.05, 0) is 11.6 Å². The summed E-state index contributed by atoms with van der Waals surface area (Å²) in [6, 6.07) is 0. The highest BCUT2D eigenvalue weighted by Crippen LogP contribution is 2.21. The van der Waals surface area contributed by atoms with Gasteiger partial charge in [-0.1, -0.05) is 27.2 Å². The van der Waals surface area contributed by atoms with Crippen LogP contribution in [0, 0.1) is 0 Å². The first-order chi connectivity index (χ1) is 3.06. The molecule has 7 heavy (non-hydrogen) atoms. The van der Waals surface area contributed by atoms with E-state index in [0.717, 1.165) is 0 Å². The summed E-state index contributed by atoms with van der Waals surface area (Å²) in [5, 5.41) is 0.467. The summed E-state index contributed by atoms with van der Waals surface area (Å²) in [7, 11) is 2.84. The Morgan fingerprint density at radius 3 is 1.86 bits per heavy atom. The van der Waals surface area contributed by atoms with Crippen LogP contribution in [0.4, 0.5) is 0 Å². The molecule has 44 valence electrons. The molecule has 0 aromatic carbocycles. The van der Waals surface area contributed by atoms with Crippen molar-refractivity contribution >= 4 is 9.24 Å². The number of rotatable bonds is 2. The van der Waals surface area contributed by atoms with Crippen molar-refractivity contribution in [1.82, 2.24) is 0 Å². The smallest absolute Gasteiger partial charge is 0.0207 e. The molecule has 0 aliphatic heterocycles. The Balaban J connectivity index is 3.15. The minimum absolute atomic E-state index is 0.467. The van der Waals surface area contributed by atoms with Crippen molar-refractivity contribution in [3.8, 4) is 0 Å². The first-order valence-electron chi connectivity index (χ1n) is 2.85. The third-order valence-corrected chi connectivity index (χ3v) is 1.18. The third-order valence-electron chi connectivity index (χ3n) is 0.894. The first-order valence-corrected chi connectivity index (χ1v) is 3.43. The van der Waals surface area contributed by atoms with Crippen molar-refractivity contribution in [2.24, 2.45) is 0 Å². The number of hydrogen-bond donors (Lipinski definition) is 0. The van der Waals surface area contributed by atoms with Gasteiger partial charge in [-0.2, -0.15) is 0 Å². The van der Waals surface area contributed by atoms with Crippen LogP contribution in [0.1, 0.15) is 33.6 Å². The molecule has 0 aliphatic rings. The van der Waals surface area contributed by atoms with Gasteiger partial charge >= 0.3 is 0 Å². The lowest BCUT2D eigenvalue weighted by Crippen LogP contribution is -2.06. The highest BCUT2D eigenvalue weighted by atomic mass is 31.0. The van der Waals surface area contributed by atoms with Crippen molar-refractivity contribution in [2.45, 2.75) is 38.8 Å². The van der Waals surface area contributed by atoms with Crippen molar-refractivity contribution in [3.05, 3.63) is 0 Å². The lowest BCUT2D eigenvalue weighted by molar-refractivity contribution is 0.627. The zero-order valence-electron chi connectivity index (χ0n) is 5.49. The second kappa shape index (κ2) is 2.67. The van der Waals surface area contributed by atoms with Crippen LogP contribution < -0.4 is 0 Å². The standard InChI is InChI=1S/C6H15P/c1-4-5-6(2,3)7/h4-5,7H2,1-3H3. The molecule has 0 fully saturated rings. The first kappa shape index (κ1) is 7.43. The maximum absolute atomic E-state index is 2.84.